The molecule has 0 saturated heterocycles. The smallest absolute Gasteiger partial charge is 0.305 e. The van der Waals surface area contributed by atoms with Crippen molar-refractivity contribution in [3.63, 3.8) is 0 Å². The van der Waals surface area contributed by atoms with Crippen molar-refractivity contribution in [1.29, 1.82) is 0 Å². The largest absolute Gasteiger partial charge is 0.466 e. The van der Waals surface area contributed by atoms with Gasteiger partial charge in [0.15, 0.2) is 0 Å². The molecule has 0 aliphatic heterocycles. The maximum absolute atomic E-state index is 12.5. The molecule has 71 heavy (non-hydrogen) atoms. The lowest BCUT2D eigenvalue weighted by Gasteiger charge is -2.20. The molecule has 3 N–H and O–H groups in total. The maximum Gasteiger partial charge on any atom is 0.305 e. The Hall–Kier alpha value is -1.66. The summed E-state index contributed by atoms with van der Waals surface area (Å²) in [4.78, 5) is 24.6. The third-order valence-corrected chi connectivity index (χ3v) is 15.0. The van der Waals surface area contributed by atoms with E-state index in [4.69, 9.17) is 4.74 Å². The SMILES string of the molecule is CCCCCCCCCCCCCCC/C=C/C(O)C(CO)NC(=O)CCCCCCCCC/C=C\CCCCCCCCCCCCOC(=O)CCCCCCCCCCCCCCCCCCCC. The predicted molar refractivity (Wildman–Crippen MR) is 310 cm³/mol. The summed E-state index contributed by atoms with van der Waals surface area (Å²) in [5, 5.41) is 23.1. The Labute approximate surface area is 443 Å². The number of amides is 1. The second-order valence-electron chi connectivity index (χ2n) is 22.1. The van der Waals surface area contributed by atoms with E-state index in [0.717, 1.165) is 44.9 Å². The van der Waals surface area contributed by atoms with Gasteiger partial charge in [-0.05, 0) is 57.8 Å². The number of aliphatic hydroxyl groups is 2. The van der Waals surface area contributed by atoms with Crippen LogP contribution in [0.5, 0.6) is 0 Å². The van der Waals surface area contributed by atoms with Gasteiger partial charge in [0.1, 0.15) is 0 Å². The molecule has 0 rings (SSSR count). The first-order chi connectivity index (χ1) is 35.0. The number of carbonyl (C=O) groups is 2. The van der Waals surface area contributed by atoms with Gasteiger partial charge in [0.05, 0.1) is 25.4 Å². The van der Waals surface area contributed by atoms with Gasteiger partial charge in [-0.25, -0.2) is 0 Å². The molecule has 0 aromatic heterocycles. The Kier molecular flexibility index (Phi) is 59.5. The van der Waals surface area contributed by atoms with Crippen LogP contribution in [-0.2, 0) is 14.3 Å². The molecule has 0 aromatic carbocycles. The molecule has 0 aliphatic carbocycles. The molecule has 0 heterocycles. The normalized spacial score (nSPS) is 12.7. The van der Waals surface area contributed by atoms with Gasteiger partial charge in [0.25, 0.3) is 0 Å². The van der Waals surface area contributed by atoms with Gasteiger partial charge < -0.3 is 20.3 Å². The topological polar surface area (TPSA) is 95.9 Å². The summed E-state index contributed by atoms with van der Waals surface area (Å²) in [6.07, 6.45) is 75.1. The number of hydrogen-bond donors (Lipinski definition) is 3. The summed E-state index contributed by atoms with van der Waals surface area (Å²) in [5.74, 6) is -0.0616. The fourth-order valence-electron chi connectivity index (χ4n) is 10.0. The Morgan fingerprint density at radius 1 is 0.380 bits per heavy atom. The number of esters is 1. The molecule has 2 unspecified atom stereocenters. The second-order valence-corrected chi connectivity index (χ2v) is 22.1. The molecular weight excluding hydrogens is 875 g/mol. The summed E-state index contributed by atoms with van der Waals surface area (Å²) < 4.78 is 5.50. The van der Waals surface area contributed by atoms with Crippen molar-refractivity contribution in [3.8, 4) is 0 Å². The van der Waals surface area contributed by atoms with Crippen LogP contribution >= 0.6 is 0 Å². The van der Waals surface area contributed by atoms with Crippen molar-refractivity contribution in [3.05, 3.63) is 24.3 Å². The Morgan fingerprint density at radius 3 is 1.00 bits per heavy atom. The van der Waals surface area contributed by atoms with Crippen molar-refractivity contribution < 1.29 is 24.5 Å². The average molecular weight is 1000 g/mol. The lowest BCUT2D eigenvalue weighted by molar-refractivity contribution is -0.143. The van der Waals surface area contributed by atoms with Crippen LogP contribution < -0.4 is 5.32 Å². The van der Waals surface area contributed by atoms with Crippen LogP contribution in [0.15, 0.2) is 24.3 Å². The van der Waals surface area contributed by atoms with Crippen LogP contribution in [0.2, 0.25) is 0 Å². The molecule has 0 radical (unpaired) electrons. The number of rotatable bonds is 60. The summed E-state index contributed by atoms with van der Waals surface area (Å²) >= 11 is 0. The summed E-state index contributed by atoms with van der Waals surface area (Å²) in [6.45, 7) is 4.92. The highest BCUT2D eigenvalue weighted by atomic mass is 16.5. The summed E-state index contributed by atoms with van der Waals surface area (Å²) in [7, 11) is 0. The van der Waals surface area contributed by atoms with Crippen molar-refractivity contribution in [2.24, 2.45) is 0 Å². The third-order valence-electron chi connectivity index (χ3n) is 15.0. The molecule has 6 heteroatoms. The van der Waals surface area contributed by atoms with E-state index >= 15 is 0 Å². The number of unbranched alkanes of at least 4 members (excludes halogenated alkanes) is 47. The van der Waals surface area contributed by atoms with E-state index in [1.807, 2.05) is 6.08 Å². The fourth-order valence-corrected chi connectivity index (χ4v) is 10.0. The van der Waals surface area contributed by atoms with Crippen LogP contribution in [0.1, 0.15) is 354 Å². The van der Waals surface area contributed by atoms with Crippen molar-refractivity contribution in [2.45, 2.75) is 366 Å². The molecule has 0 fully saturated rings. The molecule has 0 aromatic rings. The lowest BCUT2D eigenvalue weighted by atomic mass is 10.0. The Balaban J connectivity index is 3.42. The van der Waals surface area contributed by atoms with Gasteiger partial charge in [0, 0.05) is 12.8 Å². The van der Waals surface area contributed by atoms with E-state index in [9.17, 15) is 19.8 Å². The number of aliphatic hydroxyl groups excluding tert-OH is 2. The van der Waals surface area contributed by atoms with E-state index in [2.05, 4.69) is 31.3 Å². The fraction of sp³-hybridized carbons (Fsp3) is 0.908. The summed E-state index contributed by atoms with van der Waals surface area (Å²) in [6, 6.07) is -0.633. The van der Waals surface area contributed by atoms with E-state index in [1.54, 1.807) is 6.08 Å². The molecule has 1 amide bonds. The van der Waals surface area contributed by atoms with Gasteiger partial charge in [-0.1, -0.05) is 308 Å². The van der Waals surface area contributed by atoms with E-state index in [1.165, 1.54) is 283 Å². The summed E-state index contributed by atoms with van der Waals surface area (Å²) in [5.41, 5.74) is 0. The van der Waals surface area contributed by atoms with Gasteiger partial charge in [-0.15, -0.1) is 0 Å². The molecule has 0 bridgehead atoms. The number of allylic oxidation sites excluding steroid dienone is 3. The maximum atomic E-state index is 12.5. The van der Waals surface area contributed by atoms with Crippen LogP contribution in [-0.4, -0.2) is 47.4 Å². The zero-order chi connectivity index (χ0) is 51.4. The highest BCUT2D eigenvalue weighted by molar-refractivity contribution is 5.76. The molecule has 420 valence electrons. The second kappa shape index (κ2) is 60.9. The van der Waals surface area contributed by atoms with Crippen LogP contribution in [0, 0.1) is 0 Å². The minimum absolute atomic E-state index is 0.0124. The van der Waals surface area contributed by atoms with Crippen LogP contribution in [0.25, 0.3) is 0 Å². The predicted octanol–water partition coefficient (Wildman–Crippen LogP) is 20.2. The number of carbonyl (C=O) groups excluding carboxylic acids is 2. The first kappa shape index (κ1) is 69.3. The van der Waals surface area contributed by atoms with Crippen LogP contribution in [0.3, 0.4) is 0 Å². The lowest BCUT2D eigenvalue weighted by Crippen LogP contribution is -2.45. The first-order valence-corrected chi connectivity index (χ1v) is 32.1. The van der Waals surface area contributed by atoms with Gasteiger partial charge in [0.2, 0.25) is 5.91 Å². The van der Waals surface area contributed by atoms with Crippen molar-refractivity contribution in [2.75, 3.05) is 13.2 Å². The number of hydrogen-bond acceptors (Lipinski definition) is 5. The highest BCUT2D eigenvalue weighted by Crippen LogP contribution is 2.18. The molecule has 0 saturated carbocycles. The van der Waals surface area contributed by atoms with Gasteiger partial charge >= 0.3 is 5.97 Å². The minimum atomic E-state index is -0.849. The molecule has 0 aliphatic rings. The highest BCUT2D eigenvalue weighted by Gasteiger charge is 2.18. The quantitative estimate of drug-likeness (QED) is 0.0320. The molecule has 0 spiro atoms. The average Bonchev–Trinajstić information content (AvgIpc) is 3.37. The molecular formula is C65H125NO5. The van der Waals surface area contributed by atoms with E-state index < -0.39 is 12.1 Å². The number of nitrogens with one attached hydrogen (secondary N) is 1. The minimum Gasteiger partial charge on any atom is -0.466 e. The van der Waals surface area contributed by atoms with Crippen molar-refractivity contribution >= 4 is 11.9 Å². The van der Waals surface area contributed by atoms with Crippen molar-refractivity contribution in [1.82, 2.24) is 5.32 Å². The Bertz CT molecular complexity index is 1110. The van der Waals surface area contributed by atoms with Crippen LogP contribution in [0.4, 0.5) is 0 Å². The van der Waals surface area contributed by atoms with Gasteiger partial charge in [-0.3, -0.25) is 9.59 Å². The number of ether oxygens (including phenoxy) is 1. The molecule has 2 atom stereocenters. The van der Waals surface area contributed by atoms with Gasteiger partial charge in [-0.2, -0.15) is 0 Å². The van der Waals surface area contributed by atoms with E-state index in [0.29, 0.717) is 19.4 Å². The monoisotopic (exact) mass is 1000 g/mol. The molecule has 6 nitrogen and oxygen atoms in total. The first-order valence-electron chi connectivity index (χ1n) is 32.1. The standard InChI is InChI=1S/C65H125NO5/c1-3-5-7-9-11-13-15-17-19-20-27-31-35-39-43-47-51-55-59-65(70)71-60-56-52-48-44-40-36-32-28-25-23-21-22-24-26-30-34-38-42-46-50-54-58-64(69)66-62(61-67)63(68)57-53-49-45-41-37-33-29-18-16-14-12-10-8-6-4-2/h22,24,53,57,62-63,67-68H,3-21,23,25-52,54-56,58-61H2,1-2H3,(H,66,69)/b24-22-,57-53+. The van der Waals surface area contributed by atoms with E-state index in [-0.39, 0.29) is 18.5 Å². The zero-order valence-electron chi connectivity index (χ0n) is 48.0. The Morgan fingerprint density at radius 2 is 0.662 bits per heavy atom. The third kappa shape index (κ3) is 57.5. The zero-order valence-corrected chi connectivity index (χ0v) is 48.0.